The first kappa shape index (κ1) is 12.8. The van der Waals surface area contributed by atoms with Crippen molar-refractivity contribution < 1.29 is 4.79 Å². The van der Waals surface area contributed by atoms with Gasteiger partial charge < -0.3 is 0 Å². The van der Waals surface area contributed by atoms with Crippen molar-refractivity contribution in [3.63, 3.8) is 0 Å². The number of carbonyl (C=O) groups is 1. The van der Waals surface area contributed by atoms with Gasteiger partial charge in [-0.2, -0.15) is 0 Å². The zero-order valence-corrected chi connectivity index (χ0v) is 12.9. The molecular weight excluding hydrogens is 324 g/mol. The molecule has 1 aliphatic rings. The maximum atomic E-state index is 11.9. The fourth-order valence-corrected chi connectivity index (χ4v) is 3.64. The minimum Gasteiger partial charge on any atom is -0.287 e. The first-order valence-electron chi connectivity index (χ1n) is 6.11. The van der Waals surface area contributed by atoms with Crippen molar-refractivity contribution in [2.75, 3.05) is 11.4 Å². The number of nitrogens with zero attached hydrogens (tertiary/aromatic N) is 2. The Bertz CT molecular complexity index is 625. The van der Waals surface area contributed by atoms with E-state index in [-0.39, 0.29) is 10.7 Å². The number of rotatable bonds is 2. The molecule has 2 heterocycles. The summed E-state index contributed by atoms with van der Waals surface area (Å²) in [6, 6.07) is 8.17. The average molecular weight is 337 g/mol. The van der Waals surface area contributed by atoms with Crippen molar-refractivity contribution in [1.29, 1.82) is 0 Å². The topological polar surface area (TPSA) is 33.2 Å². The van der Waals surface area contributed by atoms with E-state index in [1.54, 1.807) is 4.90 Å². The van der Waals surface area contributed by atoms with Crippen molar-refractivity contribution in [3.05, 3.63) is 35.2 Å². The Morgan fingerprint density at radius 1 is 1.42 bits per heavy atom. The second-order valence-corrected chi connectivity index (χ2v) is 6.77. The van der Waals surface area contributed by atoms with Gasteiger partial charge in [0.05, 0.1) is 5.69 Å². The summed E-state index contributed by atoms with van der Waals surface area (Å²) in [5.41, 5.74) is 3.28. The fraction of sp³-hybridized carbons (Fsp3) is 0.286. The Kier molecular flexibility index (Phi) is 3.41. The van der Waals surface area contributed by atoms with Gasteiger partial charge in [-0.1, -0.05) is 40.2 Å². The predicted molar refractivity (Wildman–Crippen MR) is 82.0 cm³/mol. The Labute approximate surface area is 124 Å². The Morgan fingerprint density at radius 2 is 2.21 bits per heavy atom. The number of thiazole rings is 1. The zero-order valence-electron chi connectivity index (χ0n) is 10.5. The standard InChI is InChI=1S/C14H13BrN2OS/c1-9-4-2-3-5-11(9)12-8-19-14(16-12)17-7-10(15)6-13(17)18/h2-5,8,10H,6-7H2,1H3. The van der Waals surface area contributed by atoms with Crippen LogP contribution in [-0.4, -0.2) is 22.3 Å². The van der Waals surface area contributed by atoms with Gasteiger partial charge in [0, 0.05) is 28.7 Å². The van der Waals surface area contributed by atoms with Crippen LogP contribution >= 0.6 is 27.3 Å². The summed E-state index contributed by atoms with van der Waals surface area (Å²) in [6.45, 7) is 2.78. The smallest absolute Gasteiger partial charge is 0.230 e. The molecule has 1 fully saturated rings. The molecule has 0 radical (unpaired) electrons. The van der Waals surface area contributed by atoms with Gasteiger partial charge in [-0.3, -0.25) is 9.69 Å². The second kappa shape index (κ2) is 5.06. The minimum absolute atomic E-state index is 0.146. The summed E-state index contributed by atoms with van der Waals surface area (Å²) in [5, 5.41) is 2.82. The van der Waals surface area contributed by atoms with Gasteiger partial charge in [-0.15, -0.1) is 11.3 Å². The largest absolute Gasteiger partial charge is 0.287 e. The lowest BCUT2D eigenvalue weighted by Crippen LogP contribution is -2.24. The lowest BCUT2D eigenvalue weighted by Gasteiger charge is -2.11. The van der Waals surface area contributed by atoms with E-state index in [9.17, 15) is 4.79 Å². The lowest BCUT2D eigenvalue weighted by atomic mass is 10.1. The normalized spacial score (nSPS) is 19.2. The maximum Gasteiger partial charge on any atom is 0.230 e. The summed E-state index contributed by atoms with van der Waals surface area (Å²) < 4.78 is 0. The molecule has 1 aromatic carbocycles. The van der Waals surface area contributed by atoms with Crippen LogP contribution in [0, 0.1) is 6.92 Å². The quantitative estimate of drug-likeness (QED) is 0.784. The Morgan fingerprint density at radius 3 is 2.89 bits per heavy atom. The molecule has 3 rings (SSSR count). The Balaban J connectivity index is 1.92. The monoisotopic (exact) mass is 336 g/mol. The highest BCUT2D eigenvalue weighted by Crippen LogP contribution is 2.32. The molecule has 0 bridgehead atoms. The third kappa shape index (κ3) is 2.44. The van der Waals surface area contributed by atoms with Crippen LogP contribution in [0.1, 0.15) is 12.0 Å². The third-order valence-electron chi connectivity index (χ3n) is 3.22. The van der Waals surface area contributed by atoms with Gasteiger partial charge in [0.2, 0.25) is 5.91 Å². The van der Waals surface area contributed by atoms with Crippen LogP contribution in [0.15, 0.2) is 29.6 Å². The van der Waals surface area contributed by atoms with Gasteiger partial charge in [-0.05, 0) is 12.5 Å². The number of anilines is 1. The number of aromatic nitrogens is 1. The summed E-state index contributed by atoms with van der Waals surface area (Å²) in [5.74, 6) is 0.146. The van der Waals surface area contributed by atoms with Crippen molar-refractivity contribution in [2.45, 2.75) is 18.2 Å². The number of hydrogen-bond donors (Lipinski definition) is 0. The molecule has 0 N–H and O–H groups in total. The van der Waals surface area contributed by atoms with E-state index in [0.717, 1.165) is 16.4 Å². The predicted octanol–water partition coefficient (Wildman–Crippen LogP) is 3.62. The van der Waals surface area contributed by atoms with Gasteiger partial charge in [0.25, 0.3) is 0 Å². The molecule has 1 saturated heterocycles. The van der Waals surface area contributed by atoms with E-state index in [1.165, 1.54) is 16.9 Å². The van der Waals surface area contributed by atoms with E-state index >= 15 is 0 Å². The molecule has 1 atom stereocenters. The van der Waals surface area contributed by atoms with Gasteiger partial charge >= 0.3 is 0 Å². The molecule has 1 unspecified atom stereocenters. The molecule has 19 heavy (non-hydrogen) atoms. The molecule has 5 heteroatoms. The second-order valence-electron chi connectivity index (χ2n) is 4.64. The average Bonchev–Trinajstić information content (AvgIpc) is 2.96. The summed E-state index contributed by atoms with van der Waals surface area (Å²) in [6.07, 6.45) is 0.555. The summed E-state index contributed by atoms with van der Waals surface area (Å²) in [7, 11) is 0. The van der Waals surface area contributed by atoms with Crippen molar-refractivity contribution in [3.8, 4) is 11.3 Å². The van der Waals surface area contributed by atoms with Gasteiger partial charge in [0.15, 0.2) is 5.13 Å². The van der Waals surface area contributed by atoms with Crippen LogP contribution in [0.25, 0.3) is 11.3 Å². The van der Waals surface area contributed by atoms with E-state index < -0.39 is 0 Å². The maximum absolute atomic E-state index is 11.9. The molecule has 0 aliphatic carbocycles. The number of aryl methyl sites for hydroxylation is 1. The first-order valence-corrected chi connectivity index (χ1v) is 7.90. The minimum atomic E-state index is 0.146. The van der Waals surface area contributed by atoms with Gasteiger partial charge in [0.1, 0.15) is 0 Å². The van der Waals surface area contributed by atoms with Crippen molar-refractivity contribution in [1.82, 2.24) is 4.98 Å². The number of hydrogen-bond acceptors (Lipinski definition) is 3. The number of alkyl halides is 1. The van der Waals surface area contributed by atoms with Crippen LogP contribution in [0.4, 0.5) is 5.13 Å². The summed E-state index contributed by atoms with van der Waals surface area (Å²) in [4.78, 5) is 18.5. The SMILES string of the molecule is Cc1ccccc1-c1csc(N2CC(Br)CC2=O)n1. The molecule has 3 nitrogen and oxygen atoms in total. The van der Waals surface area contributed by atoms with Crippen LogP contribution in [0.2, 0.25) is 0 Å². The van der Waals surface area contributed by atoms with Crippen LogP contribution in [0.3, 0.4) is 0 Å². The number of carbonyl (C=O) groups excluding carboxylic acids is 1. The van der Waals surface area contributed by atoms with Crippen LogP contribution in [0.5, 0.6) is 0 Å². The zero-order chi connectivity index (χ0) is 13.4. The van der Waals surface area contributed by atoms with E-state index in [0.29, 0.717) is 13.0 Å². The molecule has 1 aliphatic heterocycles. The summed E-state index contributed by atoms with van der Waals surface area (Å²) >= 11 is 5.02. The highest BCUT2D eigenvalue weighted by molar-refractivity contribution is 9.09. The van der Waals surface area contributed by atoms with Crippen LogP contribution < -0.4 is 4.90 Å². The van der Waals surface area contributed by atoms with E-state index in [2.05, 4.69) is 40.0 Å². The molecule has 1 aromatic heterocycles. The molecule has 1 amide bonds. The molecule has 0 spiro atoms. The van der Waals surface area contributed by atoms with E-state index in [4.69, 9.17) is 0 Å². The molecule has 0 saturated carbocycles. The lowest BCUT2D eigenvalue weighted by molar-refractivity contribution is -0.117. The fourth-order valence-electron chi connectivity index (χ4n) is 2.22. The third-order valence-corrected chi connectivity index (χ3v) is 4.70. The van der Waals surface area contributed by atoms with Crippen LogP contribution in [-0.2, 0) is 4.79 Å². The first-order chi connectivity index (χ1) is 9.15. The molecular formula is C14H13BrN2OS. The number of amides is 1. The van der Waals surface area contributed by atoms with E-state index in [1.807, 2.05) is 17.5 Å². The molecule has 98 valence electrons. The number of halogens is 1. The Hall–Kier alpha value is -1.20. The van der Waals surface area contributed by atoms with Crippen molar-refractivity contribution in [2.24, 2.45) is 0 Å². The highest BCUT2D eigenvalue weighted by atomic mass is 79.9. The van der Waals surface area contributed by atoms with Crippen molar-refractivity contribution >= 4 is 38.3 Å². The molecule has 2 aromatic rings. The number of benzene rings is 1. The highest BCUT2D eigenvalue weighted by Gasteiger charge is 2.30. The van der Waals surface area contributed by atoms with Gasteiger partial charge in [-0.25, -0.2) is 4.98 Å².